The molecule has 2 aliphatic heterocycles. The van der Waals surface area contributed by atoms with E-state index in [0.29, 0.717) is 32.3 Å². The van der Waals surface area contributed by atoms with E-state index in [1.165, 1.54) is 0 Å². The number of nitrogens with zero attached hydrogens (tertiary/aromatic N) is 5. The molecule has 0 radical (unpaired) electrons. The van der Waals surface area contributed by atoms with Crippen LogP contribution < -0.4 is 15.5 Å². The predicted molar refractivity (Wildman–Crippen MR) is 124 cm³/mol. The third-order valence-corrected chi connectivity index (χ3v) is 5.76. The highest BCUT2D eigenvalue weighted by Gasteiger charge is 2.24. The van der Waals surface area contributed by atoms with Crippen LogP contribution in [0.15, 0.2) is 23.3 Å². The molecule has 3 heterocycles. The number of aliphatic imine (C=N–C) groups is 1. The SMILES string of the molecule is CCNC(=NCc1ccnc(N2CCN(C)CC2)c1)NC1CCN(C(=O)OCC)CC1. The van der Waals surface area contributed by atoms with Crippen molar-refractivity contribution in [2.45, 2.75) is 39.3 Å². The number of likely N-dealkylation sites (tertiary alicyclic amines) is 1. The summed E-state index contributed by atoms with van der Waals surface area (Å²) in [5.41, 5.74) is 1.15. The lowest BCUT2D eigenvalue weighted by Gasteiger charge is -2.33. The monoisotopic (exact) mass is 431 g/mol. The summed E-state index contributed by atoms with van der Waals surface area (Å²) in [6.45, 7) is 11.3. The smallest absolute Gasteiger partial charge is 0.409 e. The Hall–Kier alpha value is -2.55. The zero-order valence-corrected chi connectivity index (χ0v) is 19.1. The minimum Gasteiger partial charge on any atom is -0.450 e. The van der Waals surface area contributed by atoms with Crippen molar-refractivity contribution in [3.05, 3.63) is 23.9 Å². The van der Waals surface area contributed by atoms with Crippen molar-refractivity contribution in [3.63, 3.8) is 0 Å². The molecular weight excluding hydrogens is 394 g/mol. The van der Waals surface area contributed by atoms with Gasteiger partial charge in [0.15, 0.2) is 5.96 Å². The normalized spacial score (nSPS) is 18.7. The van der Waals surface area contributed by atoms with E-state index in [1.807, 2.05) is 19.2 Å². The van der Waals surface area contributed by atoms with E-state index in [2.05, 4.69) is 45.5 Å². The predicted octanol–water partition coefficient (Wildman–Crippen LogP) is 1.51. The van der Waals surface area contributed by atoms with Gasteiger partial charge in [0.2, 0.25) is 0 Å². The van der Waals surface area contributed by atoms with E-state index in [4.69, 9.17) is 9.73 Å². The number of carbonyl (C=O) groups excluding carboxylic acids is 1. The summed E-state index contributed by atoms with van der Waals surface area (Å²) < 4.78 is 5.10. The Morgan fingerprint density at radius 3 is 2.61 bits per heavy atom. The van der Waals surface area contributed by atoms with Crippen LogP contribution >= 0.6 is 0 Å². The van der Waals surface area contributed by atoms with Crippen LogP contribution in [0.2, 0.25) is 0 Å². The molecule has 9 nitrogen and oxygen atoms in total. The van der Waals surface area contributed by atoms with Gasteiger partial charge in [-0.15, -0.1) is 0 Å². The number of rotatable bonds is 6. The molecule has 3 rings (SSSR count). The number of ether oxygens (including phenoxy) is 1. The molecule has 2 fully saturated rings. The second-order valence-electron chi connectivity index (χ2n) is 8.11. The fourth-order valence-electron chi connectivity index (χ4n) is 3.87. The van der Waals surface area contributed by atoms with Crippen LogP contribution in [0.5, 0.6) is 0 Å². The van der Waals surface area contributed by atoms with Crippen molar-refractivity contribution < 1.29 is 9.53 Å². The Kier molecular flexibility index (Phi) is 8.75. The number of hydrogen-bond acceptors (Lipinski definition) is 6. The van der Waals surface area contributed by atoms with Crippen molar-refractivity contribution in [3.8, 4) is 0 Å². The highest BCUT2D eigenvalue weighted by atomic mass is 16.6. The van der Waals surface area contributed by atoms with Crippen molar-refractivity contribution in [1.82, 2.24) is 25.4 Å². The molecule has 9 heteroatoms. The van der Waals surface area contributed by atoms with Crippen molar-refractivity contribution in [1.29, 1.82) is 0 Å². The molecule has 2 N–H and O–H groups in total. The van der Waals surface area contributed by atoms with E-state index < -0.39 is 0 Å². The molecule has 0 unspecified atom stereocenters. The van der Waals surface area contributed by atoms with Crippen LogP contribution in [0.1, 0.15) is 32.3 Å². The molecule has 1 aromatic heterocycles. The first-order chi connectivity index (χ1) is 15.1. The number of hydrogen-bond donors (Lipinski definition) is 2. The van der Waals surface area contributed by atoms with Gasteiger partial charge in [-0.2, -0.15) is 0 Å². The Balaban J connectivity index is 1.54. The summed E-state index contributed by atoms with van der Waals surface area (Å²) in [4.78, 5) is 27.7. The fraction of sp³-hybridized carbons (Fsp3) is 0.682. The lowest BCUT2D eigenvalue weighted by molar-refractivity contribution is 0.0963. The molecule has 0 aliphatic carbocycles. The largest absolute Gasteiger partial charge is 0.450 e. The van der Waals surface area contributed by atoms with Crippen LogP contribution in [0.4, 0.5) is 10.6 Å². The van der Waals surface area contributed by atoms with Gasteiger partial charge in [-0.3, -0.25) is 0 Å². The Morgan fingerprint density at radius 1 is 1.19 bits per heavy atom. The van der Waals surface area contributed by atoms with Gasteiger partial charge in [-0.05, 0) is 51.4 Å². The van der Waals surface area contributed by atoms with Gasteiger partial charge >= 0.3 is 6.09 Å². The second-order valence-corrected chi connectivity index (χ2v) is 8.11. The summed E-state index contributed by atoms with van der Waals surface area (Å²) in [6.07, 6.45) is 3.43. The number of piperazine rings is 1. The minimum absolute atomic E-state index is 0.213. The number of piperidine rings is 1. The second kappa shape index (κ2) is 11.7. The molecule has 1 amide bonds. The van der Waals surface area contributed by atoms with E-state index in [9.17, 15) is 4.79 Å². The third kappa shape index (κ3) is 6.99. The van der Waals surface area contributed by atoms with Gasteiger partial charge in [0.25, 0.3) is 0 Å². The van der Waals surface area contributed by atoms with Crippen LogP contribution in [0, 0.1) is 0 Å². The minimum atomic E-state index is -0.213. The zero-order chi connectivity index (χ0) is 22.1. The standard InChI is InChI=1S/C22H37N7O2/c1-4-23-21(26-19-7-10-29(11-8-19)22(30)31-5-2)25-17-18-6-9-24-20(16-18)28-14-12-27(3)13-15-28/h6,9,16,19H,4-5,7-8,10-15,17H2,1-3H3,(H2,23,25,26). The number of carbonyl (C=O) groups is 1. The first-order valence-corrected chi connectivity index (χ1v) is 11.4. The molecule has 2 saturated heterocycles. The number of likely N-dealkylation sites (N-methyl/N-ethyl adjacent to an activating group) is 1. The van der Waals surface area contributed by atoms with Gasteiger partial charge in [0, 0.05) is 58.1 Å². The van der Waals surface area contributed by atoms with Crippen molar-refractivity contribution in [2.24, 2.45) is 4.99 Å². The molecule has 0 atom stereocenters. The van der Waals surface area contributed by atoms with E-state index in [-0.39, 0.29) is 6.09 Å². The average molecular weight is 432 g/mol. The van der Waals surface area contributed by atoms with Crippen molar-refractivity contribution in [2.75, 3.05) is 64.4 Å². The average Bonchev–Trinajstić information content (AvgIpc) is 2.79. The topological polar surface area (TPSA) is 85.3 Å². The molecule has 1 aromatic rings. The molecule has 2 aliphatic rings. The number of amides is 1. The lowest BCUT2D eigenvalue weighted by atomic mass is 10.1. The third-order valence-electron chi connectivity index (χ3n) is 5.76. The Labute approximate surface area is 185 Å². The first kappa shape index (κ1) is 23.1. The van der Waals surface area contributed by atoms with Gasteiger partial charge < -0.3 is 30.1 Å². The summed E-state index contributed by atoms with van der Waals surface area (Å²) in [7, 11) is 2.16. The van der Waals surface area contributed by atoms with Gasteiger partial charge in [0.05, 0.1) is 13.2 Å². The molecule has 0 saturated carbocycles. The maximum Gasteiger partial charge on any atom is 0.409 e. The van der Waals surface area contributed by atoms with Gasteiger partial charge in [-0.25, -0.2) is 14.8 Å². The van der Waals surface area contributed by atoms with Gasteiger partial charge in [0.1, 0.15) is 5.82 Å². The van der Waals surface area contributed by atoms with E-state index in [1.54, 1.807) is 4.90 Å². The Bertz CT molecular complexity index is 726. The molecule has 31 heavy (non-hydrogen) atoms. The first-order valence-electron chi connectivity index (χ1n) is 11.4. The Morgan fingerprint density at radius 2 is 1.94 bits per heavy atom. The van der Waals surface area contributed by atoms with Crippen LogP contribution in [-0.2, 0) is 11.3 Å². The van der Waals surface area contributed by atoms with Crippen LogP contribution in [0.3, 0.4) is 0 Å². The van der Waals surface area contributed by atoms with Crippen molar-refractivity contribution >= 4 is 17.9 Å². The highest BCUT2D eigenvalue weighted by Crippen LogP contribution is 2.16. The quantitative estimate of drug-likeness (QED) is 0.522. The molecule has 0 spiro atoms. The summed E-state index contributed by atoms with van der Waals surface area (Å²) in [5, 5.41) is 6.87. The van der Waals surface area contributed by atoms with Crippen LogP contribution in [-0.4, -0.2) is 92.3 Å². The summed E-state index contributed by atoms with van der Waals surface area (Å²) in [6, 6.07) is 4.47. The molecule has 172 valence electrons. The number of aromatic nitrogens is 1. The fourth-order valence-corrected chi connectivity index (χ4v) is 3.87. The molecule has 0 bridgehead atoms. The maximum absolute atomic E-state index is 11.9. The van der Waals surface area contributed by atoms with Gasteiger partial charge in [-0.1, -0.05) is 0 Å². The number of nitrogens with one attached hydrogen (secondary N) is 2. The molecule has 0 aromatic carbocycles. The number of pyridine rings is 1. The molecular formula is C22H37N7O2. The van der Waals surface area contributed by atoms with E-state index >= 15 is 0 Å². The summed E-state index contributed by atoms with van der Waals surface area (Å²) in [5.74, 6) is 1.85. The number of guanidine groups is 1. The highest BCUT2D eigenvalue weighted by molar-refractivity contribution is 5.80. The van der Waals surface area contributed by atoms with Crippen LogP contribution in [0.25, 0.3) is 0 Å². The van der Waals surface area contributed by atoms with E-state index in [0.717, 1.165) is 62.9 Å². The number of anilines is 1. The maximum atomic E-state index is 11.9. The summed E-state index contributed by atoms with van der Waals surface area (Å²) >= 11 is 0. The lowest BCUT2D eigenvalue weighted by Crippen LogP contribution is -2.49. The zero-order valence-electron chi connectivity index (χ0n) is 19.1.